The molecule has 0 aliphatic carbocycles. The highest BCUT2D eigenvalue weighted by Crippen LogP contribution is 2.40. The highest BCUT2D eigenvalue weighted by molar-refractivity contribution is 14.1. The van der Waals surface area contributed by atoms with E-state index in [1.165, 1.54) is 40.6 Å². The van der Waals surface area contributed by atoms with Crippen molar-refractivity contribution in [3.63, 3.8) is 0 Å². The topological polar surface area (TPSA) is 96.2 Å². The number of anilines is 1. The highest BCUT2D eigenvalue weighted by Gasteiger charge is 2.26. The molecule has 0 saturated carbocycles. The minimum Gasteiger partial charge on any atom is -0.497 e. The molecule has 3 rings (SSSR count). The average Bonchev–Trinajstić information content (AvgIpc) is 3.14. The number of alkyl halides is 1. The van der Waals surface area contributed by atoms with Gasteiger partial charge in [0.15, 0.2) is 17.3 Å². The van der Waals surface area contributed by atoms with Crippen molar-refractivity contribution < 1.29 is 33.0 Å². The monoisotopic (exact) mass is 525 g/mol. The molecule has 30 heavy (non-hydrogen) atoms. The summed E-state index contributed by atoms with van der Waals surface area (Å²) in [7, 11) is 5.94. The van der Waals surface area contributed by atoms with E-state index in [0.29, 0.717) is 39.7 Å². The first-order chi connectivity index (χ1) is 14.5. The van der Waals surface area contributed by atoms with Crippen LogP contribution in [0, 0.1) is 0 Å². The van der Waals surface area contributed by atoms with Crippen LogP contribution in [0.2, 0.25) is 0 Å². The summed E-state index contributed by atoms with van der Waals surface area (Å²) in [5.74, 6) is 0.873. The van der Waals surface area contributed by atoms with Gasteiger partial charge < -0.3 is 28.7 Å². The van der Waals surface area contributed by atoms with Gasteiger partial charge in [0.1, 0.15) is 11.3 Å². The summed E-state index contributed by atoms with van der Waals surface area (Å²) in [4.78, 5) is 25.5. The number of hydrogen-bond donors (Lipinski definition) is 1. The molecule has 9 heteroatoms. The molecule has 8 nitrogen and oxygen atoms in total. The molecule has 0 fully saturated rings. The van der Waals surface area contributed by atoms with Crippen LogP contribution in [0.1, 0.15) is 16.1 Å². The fraction of sp³-hybridized carbons (Fsp3) is 0.238. The van der Waals surface area contributed by atoms with Gasteiger partial charge in [-0.3, -0.25) is 9.59 Å². The van der Waals surface area contributed by atoms with E-state index < -0.39 is 5.78 Å². The Labute approximate surface area is 186 Å². The summed E-state index contributed by atoms with van der Waals surface area (Å²) in [6.07, 6.45) is 0. The number of methoxy groups -OCH3 is 4. The lowest BCUT2D eigenvalue weighted by atomic mass is 10.1. The molecule has 0 radical (unpaired) electrons. The Morgan fingerprint density at radius 2 is 1.63 bits per heavy atom. The summed E-state index contributed by atoms with van der Waals surface area (Å²) >= 11 is 1.95. The van der Waals surface area contributed by atoms with Crippen LogP contribution in [0.3, 0.4) is 0 Å². The van der Waals surface area contributed by atoms with Gasteiger partial charge in [-0.05, 0) is 24.3 Å². The smallest absolute Gasteiger partial charge is 0.234 e. The quantitative estimate of drug-likeness (QED) is 0.269. The second-order valence-corrected chi connectivity index (χ2v) is 6.86. The molecule has 1 N–H and O–H groups in total. The van der Waals surface area contributed by atoms with E-state index in [9.17, 15) is 9.59 Å². The molecule has 2 aromatic carbocycles. The molecule has 3 aromatic rings. The molecule has 1 amide bonds. The molecule has 0 aliphatic heterocycles. The van der Waals surface area contributed by atoms with Crippen molar-refractivity contribution in [3.05, 3.63) is 41.7 Å². The number of carbonyl (C=O) groups excluding carboxylic acids is 2. The number of furan rings is 1. The standard InChI is InChI=1S/C21H20INO7/c1-26-12-5-6-13-14(9-12)30-21(18(13)23-17(24)10-22)19(25)11-7-15(27-2)20(29-4)16(8-11)28-3/h5-9H,10H2,1-4H3,(H,23,24). The molecule has 0 bridgehead atoms. The number of carbonyl (C=O) groups is 2. The number of benzene rings is 2. The van der Waals surface area contributed by atoms with E-state index in [-0.39, 0.29) is 21.7 Å². The van der Waals surface area contributed by atoms with Crippen molar-refractivity contribution in [2.45, 2.75) is 0 Å². The zero-order chi connectivity index (χ0) is 21.8. The van der Waals surface area contributed by atoms with Gasteiger partial charge in [0, 0.05) is 17.0 Å². The molecule has 0 saturated heterocycles. The van der Waals surface area contributed by atoms with Crippen molar-refractivity contribution in [1.82, 2.24) is 0 Å². The SMILES string of the molecule is COc1ccc2c(NC(=O)CI)c(C(=O)c3cc(OC)c(OC)c(OC)c3)oc2c1. The van der Waals surface area contributed by atoms with Gasteiger partial charge in [0.2, 0.25) is 17.4 Å². The maximum Gasteiger partial charge on any atom is 0.234 e. The van der Waals surface area contributed by atoms with E-state index in [1.807, 2.05) is 22.6 Å². The lowest BCUT2D eigenvalue weighted by Crippen LogP contribution is -2.14. The van der Waals surface area contributed by atoms with Gasteiger partial charge in [-0.1, -0.05) is 22.6 Å². The third-order valence-corrected chi connectivity index (χ3v) is 5.11. The second-order valence-electron chi connectivity index (χ2n) is 6.09. The Morgan fingerprint density at radius 1 is 0.967 bits per heavy atom. The number of ketones is 1. The van der Waals surface area contributed by atoms with E-state index in [1.54, 1.807) is 18.2 Å². The predicted molar refractivity (Wildman–Crippen MR) is 120 cm³/mol. The fourth-order valence-corrected chi connectivity index (χ4v) is 3.19. The minimum absolute atomic E-state index is 0.00859. The van der Waals surface area contributed by atoms with E-state index in [2.05, 4.69) is 5.32 Å². The maximum absolute atomic E-state index is 13.4. The number of fused-ring (bicyclic) bond motifs is 1. The lowest BCUT2D eigenvalue weighted by Gasteiger charge is -2.13. The van der Waals surface area contributed by atoms with Crippen molar-refractivity contribution >= 4 is 50.9 Å². The summed E-state index contributed by atoms with van der Waals surface area (Å²) in [5.41, 5.74) is 0.961. The largest absolute Gasteiger partial charge is 0.497 e. The molecule has 0 spiro atoms. The first-order valence-electron chi connectivity index (χ1n) is 8.78. The third kappa shape index (κ3) is 4.02. The Bertz CT molecular complexity index is 1080. The average molecular weight is 525 g/mol. The molecule has 1 aromatic heterocycles. The van der Waals surface area contributed by atoms with E-state index in [4.69, 9.17) is 23.4 Å². The van der Waals surface area contributed by atoms with Crippen LogP contribution in [-0.2, 0) is 4.79 Å². The molecule has 158 valence electrons. The lowest BCUT2D eigenvalue weighted by molar-refractivity contribution is -0.113. The highest BCUT2D eigenvalue weighted by atomic mass is 127. The number of nitrogens with one attached hydrogen (secondary N) is 1. The first kappa shape index (κ1) is 21.8. The van der Waals surface area contributed by atoms with Crippen molar-refractivity contribution in [1.29, 1.82) is 0 Å². The molecule has 0 unspecified atom stereocenters. The van der Waals surface area contributed by atoms with Gasteiger partial charge in [0.25, 0.3) is 0 Å². The van der Waals surface area contributed by atoms with Gasteiger partial charge in [-0.15, -0.1) is 0 Å². The molecule has 0 aliphatic rings. The number of ether oxygens (including phenoxy) is 4. The number of halogens is 1. The van der Waals surface area contributed by atoms with Crippen LogP contribution in [-0.4, -0.2) is 44.6 Å². The minimum atomic E-state index is -0.451. The normalized spacial score (nSPS) is 10.6. The Kier molecular flexibility index (Phi) is 6.70. The zero-order valence-corrected chi connectivity index (χ0v) is 19.0. The molecule has 1 heterocycles. The molecular weight excluding hydrogens is 505 g/mol. The van der Waals surface area contributed by atoms with Crippen LogP contribution in [0.4, 0.5) is 5.69 Å². The molecular formula is C21H20INO7. The van der Waals surface area contributed by atoms with Crippen LogP contribution in [0.25, 0.3) is 11.0 Å². The fourth-order valence-electron chi connectivity index (χ4n) is 3.00. The van der Waals surface area contributed by atoms with Gasteiger partial charge >= 0.3 is 0 Å². The number of amides is 1. The summed E-state index contributed by atoms with van der Waals surface area (Å²) < 4.78 is 27.3. The first-order valence-corrected chi connectivity index (χ1v) is 10.3. The predicted octanol–water partition coefficient (Wildman–Crippen LogP) is 4.07. The van der Waals surface area contributed by atoms with Crippen LogP contribution < -0.4 is 24.3 Å². The van der Waals surface area contributed by atoms with E-state index in [0.717, 1.165) is 0 Å². The van der Waals surface area contributed by atoms with Gasteiger partial charge in [0.05, 0.1) is 38.6 Å². The Morgan fingerprint density at radius 3 is 2.17 bits per heavy atom. The van der Waals surface area contributed by atoms with Gasteiger partial charge in [-0.25, -0.2) is 0 Å². The van der Waals surface area contributed by atoms with Gasteiger partial charge in [-0.2, -0.15) is 0 Å². The Hall–Kier alpha value is -2.95. The Balaban J connectivity index is 2.18. The summed E-state index contributed by atoms with van der Waals surface area (Å²) in [5, 5.41) is 3.35. The van der Waals surface area contributed by atoms with Crippen LogP contribution >= 0.6 is 22.6 Å². The van der Waals surface area contributed by atoms with Crippen LogP contribution in [0.15, 0.2) is 34.7 Å². The second kappa shape index (κ2) is 9.24. The third-order valence-electron chi connectivity index (χ3n) is 4.42. The molecule has 0 atom stereocenters. The van der Waals surface area contributed by atoms with Crippen LogP contribution in [0.5, 0.6) is 23.0 Å². The summed E-state index contributed by atoms with van der Waals surface area (Å²) in [6.45, 7) is 0. The van der Waals surface area contributed by atoms with Crippen molar-refractivity contribution in [3.8, 4) is 23.0 Å². The van der Waals surface area contributed by atoms with Crippen molar-refractivity contribution in [2.75, 3.05) is 38.2 Å². The number of rotatable bonds is 8. The summed E-state index contributed by atoms with van der Waals surface area (Å²) in [6, 6.07) is 8.17. The van der Waals surface area contributed by atoms with Crippen molar-refractivity contribution in [2.24, 2.45) is 0 Å². The maximum atomic E-state index is 13.4. The number of hydrogen-bond acceptors (Lipinski definition) is 7. The zero-order valence-electron chi connectivity index (χ0n) is 16.8. The van der Waals surface area contributed by atoms with E-state index >= 15 is 0 Å².